The van der Waals surface area contributed by atoms with Crippen LogP contribution in [0, 0.1) is 18.8 Å². The number of aryl methyl sites for hydroxylation is 1. The molecule has 1 unspecified atom stereocenters. The molecule has 0 saturated heterocycles. The Morgan fingerprint density at radius 2 is 2.19 bits per heavy atom. The second kappa shape index (κ2) is 6.72. The lowest BCUT2D eigenvalue weighted by Gasteiger charge is -2.15. The van der Waals surface area contributed by atoms with Crippen LogP contribution < -0.4 is 5.32 Å². The topological polar surface area (TPSA) is 66.6 Å². The highest BCUT2D eigenvalue weighted by Gasteiger charge is 2.18. The molecule has 21 heavy (non-hydrogen) atoms. The predicted octanol–water partition coefficient (Wildman–Crippen LogP) is 2.48. The number of carbonyl (C=O) groups is 1. The van der Waals surface area contributed by atoms with Gasteiger partial charge in [-0.1, -0.05) is 19.9 Å². The summed E-state index contributed by atoms with van der Waals surface area (Å²) in [5, 5.41) is 12.5. The summed E-state index contributed by atoms with van der Waals surface area (Å²) < 4.78 is 2.09. The standard InChI is InChI=1S/C16H23N3O2/c1-11(2)7-13(16(20)21)8-17-9-14-10-18-15-6-4-5-12(3)19(14)15/h4-6,10-11,13,17H,7-9H2,1-3H3,(H,20,21). The van der Waals surface area contributed by atoms with Crippen LogP contribution in [-0.2, 0) is 11.3 Å². The van der Waals surface area contributed by atoms with Gasteiger partial charge in [0.05, 0.1) is 17.8 Å². The zero-order valence-electron chi connectivity index (χ0n) is 12.8. The number of nitrogens with one attached hydrogen (secondary N) is 1. The van der Waals surface area contributed by atoms with Crippen LogP contribution in [0.5, 0.6) is 0 Å². The maximum absolute atomic E-state index is 11.2. The van der Waals surface area contributed by atoms with E-state index in [0.717, 1.165) is 17.0 Å². The van der Waals surface area contributed by atoms with Gasteiger partial charge >= 0.3 is 5.97 Å². The average molecular weight is 289 g/mol. The first-order valence-electron chi connectivity index (χ1n) is 7.34. The van der Waals surface area contributed by atoms with Crippen molar-refractivity contribution in [3.05, 3.63) is 35.8 Å². The molecule has 2 aromatic heterocycles. The molecule has 2 N–H and O–H groups in total. The molecule has 0 aliphatic heterocycles. The van der Waals surface area contributed by atoms with Gasteiger partial charge in [0.2, 0.25) is 0 Å². The molecular weight excluding hydrogens is 266 g/mol. The van der Waals surface area contributed by atoms with Crippen LogP contribution in [0.3, 0.4) is 0 Å². The minimum Gasteiger partial charge on any atom is -0.481 e. The van der Waals surface area contributed by atoms with Gasteiger partial charge in [0.15, 0.2) is 0 Å². The number of nitrogens with zero attached hydrogens (tertiary/aromatic N) is 2. The Balaban J connectivity index is 2.00. The molecule has 0 spiro atoms. The summed E-state index contributed by atoms with van der Waals surface area (Å²) in [7, 11) is 0. The van der Waals surface area contributed by atoms with Crippen molar-refractivity contribution >= 4 is 11.6 Å². The number of pyridine rings is 1. The Bertz CT molecular complexity index is 619. The number of carboxylic acids is 1. The van der Waals surface area contributed by atoms with E-state index in [1.54, 1.807) is 0 Å². The Morgan fingerprint density at radius 1 is 1.43 bits per heavy atom. The van der Waals surface area contributed by atoms with Gasteiger partial charge < -0.3 is 14.8 Å². The number of aromatic nitrogens is 2. The minimum atomic E-state index is -0.731. The van der Waals surface area contributed by atoms with Crippen molar-refractivity contribution in [3.8, 4) is 0 Å². The Morgan fingerprint density at radius 3 is 2.86 bits per heavy atom. The minimum absolute atomic E-state index is 0.342. The molecule has 2 rings (SSSR count). The van der Waals surface area contributed by atoms with E-state index in [2.05, 4.69) is 14.7 Å². The molecule has 5 heteroatoms. The monoisotopic (exact) mass is 289 g/mol. The summed E-state index contributed by atoms with van der Waals surface area (Å²) in [6.45, 7) is 7.23. The third-order valence-electron chi connectivity index (χ3n) is 3.60. The highest BCUT2D eigenvalue weighted by Crippen LogP contribution is 2.13. The van der Waals surface area contributed by atoms with Gasteiger partial charge in [0.1, 0.15) is 5.65 Å². The smallest absolute Gasteiger partial charge is 0.307 e. The van der Waals surface area contributed by atoms with Crippen LogP contribution in [0.1, 0.15) is 31.7 Å². The number of rotatable bonds is 7. The number of carboxylic acid groups (broad SMARTS) is 1. The van der Waals surface area contributed by atoms with Crippen molar-refractivity contribution in [1.82, 2.24) is 14.7 Å². The number of hydrogen-bond donors (Lipinski definition) is 2. The van der Waals surface area contributed by atoms with Gasteiger partial charge in [0.25, 0.3) is 0 Å². The lowest BCUT2D eigenvalue weighted by atomic mass is 9.97. The fraction of sp³-hybridized carbons (Fsp3) is 0.500. The van der Waals surface area contributed by atoms with Gasteiger partial charge in [0, 0.05) is 18.8 Å². The first kappa shape index (κ1) is 15.5. The van der Waals surface area contributed by atoms with Crippen molar-refractivity contribution < 1.29 is 9.90 Å². The number of imidazole rings is 1. The second-order valence-corrected chi connectivity index (χ2v) is 5.91. The van der Waals surface area contributed by atoms with Gasteiger partial charge in [-0.3, -0.25) is 4.79 Å². The highest BCUT2D eigenvalue weighted by molar-refractivity contribution is 5.70. The van der Waals surface area contributed by atoms with E-state index in [-0.39, 0.29) is 5.92 Å². The van der Waals surface area contributed by atoms with Gasteiger partial charge in [-0.2, -0.15) is 0 Å². The van der Waals surface area contributed by atoms with Crippen LogP contribution >= 0.6 is 0 Å². The van der Waals surface area contributed by atoms with Crippen LogP contribution in [0.4, 0.5) is 0 Å². The highest BCUT2D eigenvalue weighted by atomic mass is 16.4. The maximum Gasteiger partial charge on any atom is 0.307 e. The van der Waals surface area contributed by atoms with Crippen LogP contribution in [0.2, 0.25) is 0 Å². The molecule has 0 fully saturated rings. The number of hydrogen-bond acceptors (Lipinski definition) is 3. The van der Waals surface area contributed by atoms with E-state index < -0.39 is 5.97 Å². The summed E-state index contributed by atoms with van der Waals surface area (Å²) in [4.78, 5) is 15.6. The number of fused-ring (bicyclic) bond motifs is 1. The molecule has 2 aromatic rings. The molecule has 0 bridgehead atoms. The normalized spacial score (nSPS) is 13.0. The van der Waals surface area contributed by atoms with Crippen LogP contribution in [0.15, 0.2) is 24.4 Å². The molecule has 0 aromatic carbocycles. The molecular formula is C16H23N3O2. The van der Waals surface area contributed by atoms with Crippen molar-refractivity contribution in [2.24, 2.45) is 11.8 Å². The second-order valence-electron chi connectivity index (χ2n) is 5.91. The van der Waals surface area contributed by atoms with E-state index in [4.69, 9.17) is 0 Å². The lowest BCUT2D eigenvalue weighted by Crippen LogP contribution is -2.29. The van der Waals surface area contributed by atoms with Crippen molar-refractivity contribution in [2.45, 2.75) is 33.7 Å². The third-order valence-corrected chi connectivity index (χ3v) is 3.60. The first-order chi connectivity index (χ1) is 9.99. The molecule has 0 radical (unpaired) electrons. The largest absolute Gasteiger partial charge is 0.481 e. The Labute approximate surface area is 125 Å². The maximum atomic E-state index is 11.2. The molecule has 5 nitrogen and oxygen atoms in total. The predicted molar refractivity (Wildman–Crippen MR) is 82.2 cm³/mol. The van der Waals surface area contributed by atoms with Crippen LogP contribution in [-0.4, -0.2) is 27.0 Å². The Hall–Kier alpha value is -1.88. The van der Waals surface area contributed by atoms with Crippen molar-refractivity contribution in [1.29, 1.82) is 0 Å². The van der Waals surface area contributed by atoms with Gasteiger partial charge in [-0.25, -0.2) is 4.98 Å². The van der Waals surface area contributed by atoms with Crippen molar-refractivity contribution in [3.63, 3.8) is 0 Å². The van der Waals surface area contributed by atoms with Crippen LogP contribution in [0.25, 0.3) is 5.65 Å². The van der Waals surface area contributed by atoms with Gasteiger partial charge in [-0.05, 0) is 31.4 Å². The molecule has 114 valence electrons. The zero-order valence-corrected chi connectivity index (χ0v) is 12.8. The summed E-state index contributed by atoms with van der Waals surface area (Å²) in [5.41, 5.74) is 3.10. The van der Waals surface area contributed by atoms with E-state index in [1.807, 2.05) is 45.2 Å². The molecule has 0 aliphatic rings. The van der Waals surface area contributed by atoms with Crippen molar-refractivity contribution in [2.75, 3.05) is 6.54 Å². The molecule has 0 aliphatic carbocycles. The average Bonchev–Trinajstić information content (AvgIpc) is 2.82. The summed E-state index contributed by atoms with van der Waals surface area (Å²) in [6, 6.07) is 5.99. The van der Waals surface area contributed by atoms with E-state index in [9.17, 15) is 9.90 Å². The van der Waals surface area contributed by atoms with E-state index >= 15 is 0 Å². The summed E-state index contributed by atoms with van der Waals surface area (Å²) >= 11 is 0. The molecule has 2 heterocycles. The zero-order chi connectivity index (χ0) is 15.4. The lowest BCUT2D eigenvalue weighted by molar-refractivity contribution is -0.142. The van der Waals surface area contributed by atoms with E-state index in [1.165, 1.54) is 0 Å². The fourth-order valence-corrected chi connectivity index (χ4v) is 2.62. The molecule has 0 amide bonds. The fourth-order valence-electron chi connectivity index (χ4n) is 2.62. The number of aliphatic carboxylic acids is 1. The van der Waals surface area contributed by atoms with E-state index in [0.29, 0.717) is 25.4 Å². The molecule has 0 saturated carbocycles. The Kier molecular flexibility index (Phi) is 4.96. The summed E-state index contributed by atoms with van der Waals surface area (Å²) in [6.07, 6.45) is 2.53. The summed E-state index contributed by atoms with van der Waals surface area (Å²) in [5.74, 6) is -0.693. The molecule has 1 atom stereocenters. The SMILES string of the molecule is Cc1cccc2ncc(CNCC(CC(C)C)C(=O)O)n12. The quantitative estimate of drug-likeness (QED) is 0.822. The van der Waals surface area contributed by atoms with Gasteiger partial charge in [-0.15, -0.1) is 0 Å². The third kappa shape index (κ3) is 3.82. The first-order valence-corrected chi connectivity index (χ1v) is 7.34.